The Morgan fingerprint density at radius 1 is 1.46 bits per heavy atom. The SMILES string of the molecule is O=[N+]([O-])/C=N/Nc1ccc(F)cc1. The van der Waals surface area contributed by atoms with Crippen molar-refractivity contribution in [2.75, 3.05) is 5.43 Å². The van der Waals surface area contributed by atoms with Crippen molar-refractivity contribution in [3.63, 3.8) is 0 Å². The summed E-state index contributed by atoms with van der Waals surface area (Å²) in [5.74, 6) is -0.371. The summed E-state index contributed by atoms with van der Waals surface area (Å²) in [4.78, 5) is 9.10. The summed E-state index contributed by atoms with van der Waals surface area (Å²) in [5.41, 5.74) is 2.85. The summed E-state index contributed by atoms with van der Waals surface area (Å²) in [5, 5.41) is 13.1. The number of halogens is 1. The van der Waals surface area contributed by atoms with Crippen LogP contribution in [0.15, 0.2) is 29.4 Å². The largest absolute Gasteiger partial charge is 0.358 e. The normalized spacial score (nSPS) is 10.2. The van der Waals surface area contributed by atoms with Gasteiger partial charge in [0.2, 0.25) is 0 Å². The second-order valence-electron chi connectivity index (χ2n) is 2.15. The van der Waals surface area contributed by atoms with Gasteiger partial charge in [-0.25, -0.2) is 4.39 Å². The summed E-state index contributed by atoms with van der Waals surface area (Å²) in [6.45, 7) is 0. The first-order valence-electron chi connectivity index (χ1n) is 3.37. The molecule has 0 atom stereocenters. The van der Waals surface area contributed by atoms with Crippen LogP contribution in [0.25, 0.3) is 0 Å². The first-order chi connectivity index (χ1) is 6.18. The third-order valence-electron chi connectivity index (χ3n) is 1.19. The number of rotatable bonds is 3. The fraction of sp³-hybridized carbons (Fsp3) is 0. The molecule has 1 rings (SSSR count). The van der Waals surface area contributed by atoms with Crippen LogP contribution < -0.4 is 5.43 Å². The van der Waals surface area contributed by atoms with E-state index in [1.54, 1.807) is 0 Å². The smallest absolute Gasteiger partial charge is 0.352 e. The summed E-state index contributed by atoms with van der Waals surface area (Å²) < 4.78 is 12.4. The Balaban J connectivity index is 2.55. The van der Waals surface area contributed by atoms with Gasteiger partial charge in [0, 0.05) is 5.10 Å². The number of benzene rings is 1. The van der Waals surface area contributed by atoms with Crippen LogP contribution in [-0.2, 0) is 0 Å². The molecule has 0 spiro atoms. The zero-order chi connectivity index (χ0) is 9.68. The number of anilines is 1. The Labute approximate surface area is 73.0 Å². The van der Waals surface area contributed by atoms with Gasteiger partial charge in [0.15, 0.2) is 0 Å². The first-order valence-corrected chi connectivity index (χ1v) is 3.37. The third-order valence-corrected chi connectivity index (χ3v) is 1.19. The minimum Gasteiger partial charge on any atom is -0.358 e. The van der Waals surface area contributed by atoms with Crippen LogP contribution in [0, 0.1) is 15.9 Å². The van der Waals surface area contributed by atoms with E-state index in [-0.39, 0.29) is 5.82 Å². The lowest BCUT2D eigenvalue weighted by molar-refractivity contribution is -0.339. The molecule has 1 aromatic rings. The van der Waals surface area contributed by atoms with Crippen LogP contribution in [0.4, 0.5) is 10.1 Å². The van der Waals surface area contributed by atoms with Gasteiger partial charge in [-0.2, -0.15) is 5.43 Å². The van der Waals surface area contributed by atoms with Crippen LogP contribution in [-0.4, -0.2) is 11.3 Å². The molecule has 0 saturated carbocycles. The predicted octanol–water partition coefficient (Wildman–Crippen LogP) is 1.46. The lowest BCUT2D eigenvalue weighted by Crippen LogP contribution is -1.96. The summed E-state index contributed by atoms with van der Waals surface area (Å²) in [6.07, 6.45) is 0.517. The Morgan fingerprint density at radius 2 is 2.08 bits per heavy atom. The summed E-state index contributed by atoms with van der Waals surface area (Å²) in [7, 11) is 0. The van der Waals surface area contributed by atoms with E-state index < -0.39 is 4.92 Å². The Kier molecular flexibility index (Phi) is 2.91. The third kappa shape index (κ3) is 3.28. The molecule has 13 heavy (non-hydrogen) atoms. The molecule has 0 aromatic heterocycles. The number of nitrogens with zero attached hydrogens (tertiary/aromatic N) is 2. The number of hydrazone groups is 1. The van der Waals surface area contributed by atoms with E-state index in [1.165, 1.54) is 24.3 Å². The quantitative estimate of drug-likeness (QED) is 0.334. The molecule has 0 aliphatic heterocycles. The molecule has 5 nitrogen and oxygen atoms in total. The minimum absolute atomic E-state index is 0.371. The molecule has 1 aromatic carbocycles. The van der Waals surface area contributed by atoms with Crippen molar-refractivity contribution in [1.82, 2.24) is 0 Å². The van der Waals surface area contributed by atoms with Crippen molar-refractivity contribution in [1.29, 1.82) is 0 Å². The van der Waals surface area contributed by atoms with E-state index >= 15 is 0 Å². The van der Waals surface area contributed by atoms with Crippen LogP contribution >= 0.6 is 0 Å². The lowest BCUT2D eigenvalue weighted by atomic mass is 10.3. The molecule has 0 radical (unpaired) electrons. The highest BCUT2D eigenvalue weighted by Gasteiger charge is 1.93. The fourth-order valence-corrected chi connectivity index (χ4v) is 0.675. The van der Waals surface area contributed by atoms with E-state index in [0.29, 0.717) is 12.0 Å². The van der Waals surface area contributed by atoms with Crippen molar-refractivity contribution < 1.29 is 9.31 Å². The second kappa shape index (κ2) is 4.15. The maximum Gasteiger partial charge on any atom is 0.352 e. The van der Waals surface area contributed by atoms with Gasteiger partial charge in [-0.1, -0.05) is 0 Å². The fourth-order valence-electron chi connectivity index (χ4n) is 0.675. The molecule has 68 valence electrons. The second-order valence-corrected chi connectivity index (χ2v) is 2.15. The standard InChI is InChI=1S/C7H6FN3O2/c8-6-1-3-7(4-2-6)10-9-5-11(12)13/h1-5,10H/b9-5+. The molecule has 0 heterocycles. The zero-order valence-electron chi connectivity index (χ0n) is 6.48. The van der Waals surface area contributed by atoms with Gasteiger partial charge in [-0.3, -0.25) is 0 Å². The average molecular weight is 183 g/mol. The highest BCUT2D eigenvalue weighted by molar-refractivity contribution is 5.49. The highest BCUT2D eigenvalue weighted by atomic mass is 19.1. The van der Waals surface area contributed by atoms with Gasteiger partial charge in [-0.05, 0) is 29.2 Å². The molecule has 0 amide bonds. The molecule has 6 heteroatoms. The molecule has 0 unspecified atom stereocenters. The minimum atomic E-state index is -0.698. The topological polar surface area (TPSA) is 67.5 Å². The number of nitro groups is 1. The predicted molar refractivity (Wildman–Crippen MR) is 45.5 cm³/mol. The molecule has 0 fully saturated rings. The van der Waals surface area contributed by atoms with Crippen molar-refractivity contribution in [2.24, 2.45) is 5.10 Å². The molecule has 0 bridgehead atoms. The molecular formula is C7H6FN3O2. The van der Waals surface area contributed by atoms with Crippen molar-refractivity contribution in [3.05, 3.63) is 40.2 Å². The van der Waals surface area contributed by atoms with Gasteiger partial charge < -0.3 is 10.1 Å². The van der Waals surface area contributed by atoms with Gasteiger partial charge >= 0.3 is 6.34 Å². The van der Waals surface area contributed by atoms with Gasteiger partial charge in [0.05, 0.1) is 5.69 Å². The summed E-state index contributed by atoms with van der Waals surface area (Å²) in [6, 6.07) is 5.30. The van der Waals surface area contributed by atoms with Gasteiger partial charge in [0.25, 0.3) is 0 Å². The molecular weight excluding hydrogens is 177 g/mol. The average Bonchev–Trinajstić information content (AvgIpc) is 2.08. The maximum absolute atomic E-state index is 12.4. The Hall–Kier alpha value is -1.98. The van der Waals surface area contributed by atoms with Crippen LogP contribution in [0.5, 0.6) is 0 Å². The molecule has 0 aliphatic carbocycles. The van der Waals surface area contributed by atoms with Gasteiger partial charge in [-0.15, -0.1) is 0 Å². The van der Waals surface area contributed by atoms with Crippen molar-refractivity contribution in [2.45, 2.75) is 0 Å². The van der Waals surface area contributed by atoms with Crippen molar-refractivity contribution in [3.8, 4) is 0 Å². The van der Waals surface area contributed by atoms with Crippen LogP contribution in [0.3, 0.4) is 0 Å². The maximum atomic E-state index is 12.4. The first kappa shape index (κ1) is 9.11. The van der Waals surface area contributed by atoms with Crippen LogP contribution in [0.2, 0.25) is 0 Å². The van der Waals surface area contributed by atoms with Gasteiger partial charge in [0.1, 0.15) is 5.82 Å². The molecule has 0 aliphatic rings. The van der Waals surface area contributed by atoms with Crippen molar-refractivity contribution >= 4 is 12.0 Å². The highest BCUT2D eigenvalue weighted by Crippen LogP contribution is 2.07. The lowest BCUT2D eigenvalue weighted by Gasteiger charge is -1.92. The van der Waals surface area contributed by atoms with E-state index in [0.717, 1.165) is 0 Å². The molecule has 0 saturated heterocycles. The van der Waals surface area contributed by atoms with E-state index in [4.69, 9.17) is 0 Å². The van der Waals surface area contributed by atoms with Crippen LogP contribution in [0.1, 0.15) is 0 Å². The van der Waals surface area contributed by atoms with E-state index in [9.17, 15) is 14.5 Å². The summed E-state index contributed by atoms with van der Waals surface area (Å²) >= 11 is 0. The Morgan fingerprint density at radius 3 is 2.62 bits per heavy atom. The number of hydrogen-bond donors (Lipinski definition) is 1. The zero-order valence-corrected chi connectivity index (χ0v) is 6.48. The van der Waals surface area contributed by atoms with E-state index in [2.05, 4.69) is 10.5 Å². The molecule has 1 N–H and O–H groups in total. The number of hydrogen-bond acceptors (Lipinski definition) is 4. The number of nitrogens with one attached hydrogen (secondary N) is 1. The monoisotopic (exact) mass is 183 g/mol. The van der Waals surface area contributed by atoms with E-state index in [1.807, 2.05) is 0 Å². The Bertz CT molecular complexity index is 323.